The van der Waals surface area contributed by atoms with E-state index in [-0.39, 0.29) is 5.91 Å². The maximum absolute atomic E-state index is 11.9. The van der Waals surface area contributed by atoms with E-state index in [0.717, 1.165) is 4.88 Å². The van der Waals surface area contributed by atoms with Gasteiger partial charge in [-0.3, -0.25) is 4.79 Å². The first kappa shape index (κ1) is 18.5. The molecule has 126 valence electrons. The molecule has 0 saturated heterocycles. The maximum Gasteiger partial charge on any atom is 0.331 e. The van der Waals surface area contributed by atoms with Crippen molar-refractivity contribution in [2.24, 2.45) is 0 Å². The molecule has 0 aliphatic rings. The molecule has 1 heterocycles. The van der Waals surface area contributed by atoms with Gasteiger partial charge in [0.05, 0.1) is 16.6 Å². The summed E-state index contributed by atoms with van der Waals surface area (Å²) in [4.78, 5) is 24.7. The number of amides is 1. The topological polar surface area (TPSA) is 55.4 Å². The molecule has 1 aromatic carbocycles. The van der Waals surface area contributed by atoms with Crippen LogP contribution in [0.4, 0.5) is 0 Å². The predicted octanol–water partition coefficient (Wildman–Crippen LogP) is 4.32. The largest absolute Gasteiger partial charge is 0.449 e. The van der Waals surface area contributed by atoms with Crippen molar-refractivity contribution in [1.29, 1.82) is 0 Å². The fourth-order valence-corrected chi connectivity index (χ4v) is 2.73. The lowest BCUT2D eigenvalue weighted by atomic mass is 10.2. The zero-order valence-corrected chi connectivity index (χ0v) is 15.1. The van der Waals surface area contributed by atoms with Gasteiger partial charge in [-0.2, -0.15) is 0 Å². The molecule has 2 aromatic rings. The number of halogens is 2. The van der Waals surface area contributed by atoms with Gasteiger partial charge in [-0.25, -0.2) is 4.79 Å². The van der Waals surface area contributed by atoms with Crippen LogP contribution in [-0.2, 0) is 20.9 Å². The fraction of sp³-hybridized carbons (Fsp3) is 0.176. The van der Waals surface area contributed by atoms with E-state index < -0.39 is 12.1 Å². The van der Waals surface area contributed by atoms with Crippen LogP contribution >= 0.6 is 34.5 Å². The fourth-order valence-electron chi connectivity index (χ4n) is 1.78. The molecule has 4 nitrogen and oxygen atoms in total. The standard InChI is InChI=1S/C17H15Cl2NO3S/c1-11(17(22)20-10-13-3-2-8-24-13)23-16(21)7-5-12-4-6-14(18)15(19)9-12/h2-9,11H,10H2,1H3,(H,20,22)/b7-5+/t11-/m0/s1. The van der Waals surface area contributed by atoms with Crippen LogP contribution < -0.4 is 5.32 Å². The molecule has 0 radical (unpaired) electrons. The average molecular weight is 384 g/mol. The number of hydrogen-bond donors (Lipinski definition) is 1. The van der Waals surface area contributed by atoms with Gasteiger partial charge in [0, 0.05) is 11.0 Å². The number of nitrogens with one attached hydrogen (secondary N) is 1. The summed E-state index contributed by atoms with van der Waals surface area (Å²) < 4.78 is 5.06. The monoisotopic (exact) mass is 383 g/mol. The highest BCUT2D eigenvalue weighted by molar-refractivity contribution is 7.09. The molecule has 0 saturated carbocycles. The Labute approximate surface area is 154 Å². The first-order valence-electron chi connectivity index (χ1n) is 7.09. The lowest BCUT2D eigenvalue weighted by Crippen LogP contribution is -2.34. The highest BCUT2D eigenvalue weighted by Crippen LogP contribution is 2.23. The third-order valence-corrected chi connectivity index (χ3v) is 4.65. The van der Waals surface area contributed by atoms with E-state index in [9.17, 15) is 9.59 Å². The summed E-state index contributed by atoms with van der Waals surface area (Å²) >= 11 is 13.3. The van der Waals surface area contributed by atoms with Crippen molar-refractivity contribution in [3.8, 4) is 0 Å². The van der Waals surface area contributed by atoms with E-state index in [4.69, 9.17) is 27.9 Å². The number of carbonyl (C=O) groups is 2. The Bertz CT molecular complexity index is 744. The minimum atomic E-state index is -0.879. The van der Waals surface area contributed by atoms with E-state index in [1.807, 2.05) is 17.5 Å². The van der Waals surface area contributed by atoms with Crippen molar-refractivity contribution in [3.63, 3.8) is 0 Å². The lowest BCUT2D eigenvalue weighted by Gasteiger charge is -2.11. The van der Waals surface area contributed by atoms with E-state index >= 15 is 0 Å². The molecule has 0 unspecified atom stereocenters. The van der Waals surface area contributed by atoms with Crippen LogP contribution in [0.15, 0.2) is 41.8 Å². The highest BCUT2D eigenvalue weighted by Gasteiger charge is 2.16. The van der Waals surface area contributed by atoms with E-state index in [1.54, 1.807) is 35.6 Å². The van der Waals surface area contributed by atoms with Crippen LogP contribution in [0.1, 0.15) is 17.4 Å². The molecular weight excluding hydrogens is 369 g/mol. The van der Waals surface area contributed by atoms with Gasteiger partial charge in [-0.15, -0.1) is 11.3 Å². The van der Waals surface area contributed by atoms with E-state index in [1.165, 1.54) is 13.0 Å². The minimum Gasteiger partial charge on any atom is -0.449 e. The second kappa shape index (κ2) is 8.87. The Morgan fingerprint density at radius 1 is 1.29 bits per heavy atom. The second-order valence-corrected chi connectivity index (χ2v) is 6.73. The first-order valence-corrected chi connectivity index (χ1v) is 8.73. The molecule has 1 aromatic heterocycles. The van der Waals surface area contributed by atoms with Crippen molar-refractivity contribution in [3.05, 3.63) is 62.3 Å². The summed E-state index contributed by atoms with van der Waals surface area (Å²) in [6.45, 7) is 1.94. The number of rotatable bonds is 6. The molecule has 0 aliphatic carbocycles. The summed E-state index contributed by atoms with van der Waals surface area (Å²) in [6.07, 6.45) is 1.90. The molecule has 1 atom stereocenters. The van der Waals surface area contributed by atoms with Gasteiger partial charge in [-0.1, -0.05) is 35.3 Å². The van der Waals surface area contributed by atoms with Gasteiger partial charge in [0.1, 0.15) is 0 Å². The second-order valence-electron chi connectivity index (χ2n) is 4.88. The number of benzene rings is 1. The Morgan fingerprint density at radius 2 is 2.08 bits per heavy atom. The lowest BCUT2D eigenvalue weighted by molar-refractivity contribution is -0.150. The number of esters is 1. The van der Waals surface area contributed by atoms with Crippen LogP contribution in [0.2, 0.25) is 10.0 Å². The molecular formula is C17H15Cl2NO3S. The minimum absolute atomic E-state index is 0.348. The Kier molecular flexibility index (Phi) is 6.85. The molecule has 24 heavy (non-hydrogen) atoms. The summed E-state index contributed by atoms with van der Waals surface area (Å²) in [5, 5.41) is 5.48. The van der Waals surface area contributed by atoms with E-state index in [2.05, 4.69) is 5.32 Å². The van der Waals surface area contributed by atoms with Crippen molar-refractivity contribution in [2.75, 3.05) is 0 Å². The first-order chi connectivity index (χ1) is 11.5. The number of ether oxygens (including phenoxy) is 1. The molecule has 0 spiro atoms. The third kappa shape index (κ3) is 5.67. The summed E-state index contributed by atoms with van der Waals surface area (Å²) in [5.41, 5.74) is 0.705. The van der Waals surface area contributed by atoms with Crippen molar-refractivity contribution in [2.45, 2.75) is 19.6 Å². The quantitative estimate of drug-likeness (QED) is 0.596. The zero-order valence-electron chi connectivity index (χ0n) is 12.8. The Balaban J connectivity index is 1.82. The maximum atomic E-state index is 11.9. The zero-order chi connectivity index (χ0) is 17.5. The number of carbonyl (C=O) groups excluding carboxylic acids is 2. The van der Waals surface area contributed by atoms with Crippen molar-refractivity contribution >= 4 is 52.5 Å². The van der Waals surface area contributed by atoms with Gasteiger partial charge in [0.15, 0.2) is 6.10 Å². The SMILES string of the molecule is C[C@H](OC(=O)/C=C/c1ccc(Cl)c(Cl)c1)C(=O)NCc1cccs1. The van der Waals surface area contributed by atoms with Gasteiger partial charge in [-0.05, 0) is 42.1 Å². The molecule has 1 N–H and O–H groups in total. The van der Waals surface area contributed by atoms with Gasteiger partial charge in [0.2, 0.25) is 0 Å². The van der Waals surface area contributed by atoms with Crippen LogP contribution in [-0.4, -0.2) is 18.0 Å². The van der Waals surface area contributed by atoms with Gasteiger partial charge >= 0.3 is 5.97 Å². The molecule has 0 bridgehead atoms. The third-order valence-electron chi connectivity index (χ3n) is 3.03. The molecule has 0 aliphatic heterocycles. The highest BCUT2D eigenvalue weighted by atomic mass is 35.5. The van der Waals surface area contributed by atoms with Crippen LogP contribution in [0.3, 0.4) is 0 Å². The van der Waals surface area contributed by atoms with Crippen LogP contribution in [0.25, 0.3) is 6.08 Å². The Hall–Kier alpha value is -1.82. The molecule has 0 fully saturated rings. The molecule has 7 heteroatoms. The summed E-state index contributed by atoms with van der Waals surface area (Å²) in [7, 11) is 0. The molecule has 1 amide bonds. The number of thiophene rings is 1. The van der Waals surface area contributed by atoms with E-state index in [0.29, 0.717) is 22.2 Å². The molecule has 2 rings (SSSR count). The summed E-state index contributed by atoms with van der Waals surface area (Å²) in [5.74, 6) is -0.959. The van der Waals surface area contributed by atoms with Gasteiger partial charge < -0.3 is 10.1 Å². The average Bonchev–Trinajstić information content (AvgIpc) is 3.07. The van der Waals surface area contributed by atoms with Crippen LogP contribution in [0, 0.1) is 0 Å². The number of hydrogen-bond acceptors (Lipinski definition) is 4. The Morgan fingerprint density at radius 3 is 2.75 bits per heavy atom. The van der Waals surface area contributed by atoms with Crippen molar-refractivity contribution in [1.82, 2.24) is 5.32 Å². The summed E-state index contributed by atoms with van der Waals surface area (Å²) in [6, 6.07) is 8.81. The van der Waals surface area contributed by atoms with Crippen molar-refractivity contribution < 1.29 is 14.3 Å². The predicted molar refractivity (Wildman–Crippen MR) is 97.2 cm³/mol. The van der Waals surface area contributed by atoms with Crippen LogP contribution in [0.5, 0.6) is 0 Å². The normalized spacial score (nSPS) is 12.1. The smallest absolute Gasteiger partial charge is 0.331 e. The van der Waals surface area contributed by atoms with Gasteiger partial charge in [0.25, 0.3) is 5.91 Å².